The summed E-state index contributed by atoms with van der Waals surface area (Å²) in [6.45, 7) is -0.635. The van der Waals surface area contributed by atoms with Crippen molar-refractivity contribution in [1.29, 1.82) is 0 Å². The lowest BCUT2D eigenvalue weighted by atomic mass is 10.2. The average molecular weight is 264 g/mol. The van der Waals surface area contributed by atoms with Gasteiger partial charge in [0.2, 0.25) is 0 Å². The number of nitrogens with one attached hydrogen (secondary N) is 1. The molecule has 1 aromatic rings. The van der Waals surface area contributed by atoms with Crippen LogP contribution in [0, 0.1) is 0 Å². The molecular formula is C9H7Cl2NO4. The van der Waals surface area contributed by atoms with Gasteiger partial charge in [-0.3, -0.25) is 9.63 Å². The van der Waals surface area contributed by atoms with Crippen LogP contribution in [-0.2, 0) is 9.63 Å². The topological polar surface area (TPSA) is 75.6 Å². The van der Waals surface area contributed by atoms with E-state index in [0.29, 0.717) is 5.02 Å². The highest BCUT2D eigenvalue weighted by Gasteiger charge is 2.11. The van der Waals surface area contributed by atoms with Crippen molar-refractivity contribution in [1.82, 2.24) is 5.48 Å². The van der Waals surface area contributed by atoms with Gasteiger partial charge in [-0.15, -0.1) is 0 Å². The molecule has 0 spiro atoms. The molecule has 0 bridgehead atoms. The molecule has 5 nitrogen and oxygen atoms in total. The molecule has 0 aliphatic carbocycles. The van der Waals surface area contributed by atoms with Crippen LogP contribution < -0.4 is 5.48 Å². The number of aliphatic carboxylic acids is 1. The van der Waals surface area contributed by atoms with Crippen LogP contribution in [0.1, 0.15) is 10.4 Å². The molecule has 1 amide bonds. The molecule has 0 saturated heterocycles. The lowest BCUT2D eigenvalue weighted by molar-refractivity contribution is -0.144. The van der Waals surface area contributed by atoms with Crippen molar-refractivity contribution >= 4 is 35.1 Å². The van der Waals surface area contributed by atoms with Crippen molar-refractivity contribution in [2.45, 2.75) is 0 Å². The minimum atomic E-state index is -1.20. The van der Waals surface area contributed by atoms with Gasteiger partial charge >= 0.3 is 5.97 Å². The number of carboxylic acids is 1. The van der Waals surface area contributed by atoms with E-state index < -0.39 is 18.5 Å². The van der Waals surface area contributed by atoms with Crippen molar-refractivity contribution < 1.29 is 19.5 Å². The van der Waals surface area contributed by atoms with Crippen molar-refractivity contribution in [3.63, 3.8) is 0 Å². The standard InChI is InChI=1S/C9H7Cl2NO4/c10-5-1-2-7(11)6(3-5)9(15)12-16-4-8(13)14/h1-3H,4H2,(H,12,15)(H,13,14). The normalized spacial score (nSPS) is 9.88. The number of carbonyl (C=O) groups excluding carboxylic acids is 1. The van der Waals surface area contributed by atoms with Crippen LogP contribution in [-0.4, -0.2) is 23.6 Å². The predicted molar refractivity (Wildman–Crippen MR) is 57.5 cm³/mol. The highest BCUT2D eigenvalue weighted by Crippen LogP contribution is 2.20. The smallest absolute Gasteiger partial charge is 0.332 e. The second-order valence-electron chi connectivity index (χ2n) is 2.74. The Morgan fingerprint density at radius 2 is 2.06 bits per heavy atom. The average Bonchev–Trinajstić information content (AvgIpc) is 2.21. The van der Waals surface area contributed by atoms with Gasteiger partial charge in [0.1, 0.15) is 0 Å². The Kier molecular flexibility index (Phi) is 4.54. The molecule has 0 saturated carbocycles. The number of rotatable bonds is 4. The van der Waals surface area contributed by atoms with Crippen LogP contribution in [0.5, 0.6) is 0 Å². The maximum Gasteiger partial charge on any atom is 0.332 e. The highest BCUT2D eigenvalue weighted by molar-refractivity contribution is 6.35. The fourth-order valence-corrected chi connectivity index (χ4v) is 1.27. The molecule has 0 aliphatic rings. The summed E-state index contributed by atoms with van der Waals surface area (Å²) >= 11 is 11.4. The van der Waals surface area contributed by atoms with Gasteiger partial charge in [0, 0.05) is 5.02 Å². The van der Waals surface area contributed by atoms with Crippen LogP contribution in [0.25, 0.3) is 0 Å². The number of carbonyl (C=O) groups is 2. The number of carboxylic acid groups (broad SMARTS) is 1. The first-order valence-corrected chi connectivity index (χ1v) is 4.85. The molecule has 0 fully saturated rings. The summed E-state index contributed by atoms with van der Waals surface area (Å²) in [5.74, 6) is -1.86. The second-order valence-corrected chi connectivity index (χ2v) is 3.58. The minimum absolute atomic E-state index is 0.111. The third kappa shape index (κ3) is 3.69. The van der Waals surface area contributed by atoms with Crippen LogP contribution in [0.2, 0.25) is 10.0 Å². The van der Waals surface area contributed by atoms with E-state index in [0.717, 1.165) is 0 Å². The number of hydroxylamine groups is 1. The van der Waals surface area contributed by atoms with Gasteiger partial charge in [0.05, 0.1) is 10.6 Å². The molecule has 2 N–H and O–H groups in total. The zero-order valence-electron chi connectivity index (χ0n) is 7.87. The SMILES string of the molecule is O=C(O)CONC(=O)c1cc(Cl)ccc1Cl. The quantitative estimate of drug-likeness (QED) is 0.812. The molecule has 86 valence electrons. The summed E-state index contributed by atoms with van der Waals surface area (Å²) < 4.78 is 0. The molecule has 0 atom stereocenters. The van der Waals surface area contributed by atoms with Crippen LogP contribution in [0.4, 0.5) is 0 Å². The fourth-order valence-electron chi connectivity index (χ4n) is 0.890. The van der Waals surface area contributed by atoms with Gasteiger partial charge < -0.3 is 5.11 Å². The van der Waals surface area contributed by atoms with Gasteiger partial charge in [-0.25, -0.2) is 10.3 Å². The fraction of sp³-hybridized carbons (Fsp3) is 0.111. The summed E-state index contributed by atoms with van der Waals surface area (Å²) in [6.07, 6.45) is 0. The first-order chi connectivity index (χ1) is 7.50. The summed E-state index contributed by atoms with van der Waals surface area (Å²) in [6, 6.07) is 4.33. The molecule has 16 heavy (non-hydrogen) atoms. The number of halogens is 2. The minimum Gasteiger partial charge on any atom is -0.479 e. The lowest BCUT2D eigenvalue weighted by Crippen LogP contribution is -2.26. The van der Waals surface area contributed by atoms with Gasteiger partial charge in [-0.1, -0.05) is 23.2 Å². The van der Waals surface area contributed by atoms with Crippen molar-refractivity contribution in [3.05, 3.63) is 33.8 Å². The van der Waals surface area contributed by atoms with Gasteiger partial charge in [-0.05, 0) is 18.2 Å². The Balaban J connectivity index is 2.65. The summed E-state index contributed by atoms with van der Waals surface area (Å²) in [5.41, 5.74) is 2.05. The Bertz CT molecular complexity index is 422. The molecule has 0 aliphatic heterocycles. The second kappa shape index (κ2) is 5.69. The molecule has 0 unspecified atom stereocenters. The van der Waals surface area contributed by atoms with Gasteiger partial charge in [-0.2, -0.15) is 0 Å². The number of hydrogen-bond donors (Lipinski definition) is 2. The zero-order chi connectivity index (χ0) is 12.1. The third-order valence-corrected chi connectivity index (χ3v) is 2.10. The van der Waals surface area contributed by atoms with Crippen LogP contribution >= 0.6 is 23.2 Å². The first-order valence-electron chi connectivity index (χ1n) is 4.09. The predicted octanol–water partition coefficient (Wildman–Crippen LogP) is 1.74. The lowest BCUT2D eigenvalue weighted by Gasteiger charge is -2.05. The van der Waals surface area contributed by atoms with E-state index >= 15 is 0 Å². The Morgan fingerprint density at radius 1 is 1.38 bits per heavy atom. The van der Waals surface area contributed by atoms with Gasteiger partial charge in [0.15, 0.2) is 6.61 Å². The molecule has 1 rings (SSSR count). The summed E-state index contributed by atoms with van der Waals surface area (Å²) in [5, 5.41) is 8.81. The van der Waals surface area contributed by atoms with Crippen molar-refractivity contribution in [2.24, 2.45) is 0 Å². The third-order valence-electron chi connectivity index (χ3n) is 1.53. The maximum absolute atomic E-state index is 11.4. The Hall–Kier alpha value is -1.30. The zero-order valence-corrected chi connectivity index (χ0v) is 9.38. The molecule has 7 heteroatoms. The molecule has 0 radical (unpaired) electrons. The molecule has 0 heterocycles. The van der Waals surface area contributed by atoms with E-state index in [-0.39, 0.29) is 10.6 Å². The van der Waals surface area contributed by atoms with E-state index in [9.17, 15) is 9.59 Å². The first kappa shape index (κ1) is 12.8. The van der Waals surface area contributed by atoms with Crippen molar-refractivity contribution in [2.75, 3.05) is 6.61 Å². The van der Waals surface area contributed by atoms with Gasteiger partial charge in [0.25, 0.3) is 5.91 Å². The molecule has 1 aromatic carbocycles. The number of hydrogen-bond acceptors (Lipinski definition) is 3. The van der Waals surface area contributed by atoms with E-state index in [4.69, 9.17) is 28.3 Å². The van der Waals surface area contributed by atoms with E-state index in [2.05, 4.69) is 4.84 Å². The Labute approximate surface area is 101 Å². The largest absolute Gasteiger partial charge is 0.479 e. The highest BCUT2D eigenvalue weighted by atomic mass is 35.5. The van der Waals surface area contributed by atoms with Crippen LogP contribution in [0.3, 0.4) is 0 Å². The van der Waals surface area contributed by atoms with Crippen LogP contribution in [0.15, 0.2) is 18.2 Å². The van der Waals surface area contributed by atoms with E-state index in [1.807, 2.05) is 5.48 Å². The maximum atomic E-state index is 11.4. The molecular weight excluding hydrogens is 257 g/mol. The number of benzene rings is 1. The number of amides is 1. The summed E-state index contributed by atoms with van der Waals surface area (Å²) in [4.78, 5) is 25.9. The Morgan fingerprint density at radius 3 is 2.69 bits per heavy atom. The van der Waals surface area contributed by atoms with E-state index in [1.165, 1.54) is 18.2 Å². The monoisotopic (exact) mass is 263 g/mol. The van der Waals surface area contributed by atoms with E-state index in [1.54, 1.807) is 0 Å². The van der Waals surface area contributed by atoms with Crippen molar-refractivity contribution in [3.8, 4) is 0 Å². The summed E-state index contributed by atoms with van der Waals surface area (Å²) in [7, 11) is 0. The molecule has 0 aromatic heterocycles.